The quantitative estimate of drug-likeness (QED) is 0.838. The van der Waals surface area contributed by atoms with Gasteiger partial charge in [0.1, 0.15) is 0 Å². The highest BCUT2D eigenvalue weighted by atomic mass is 32.1. The van der Waals surface area contributed by atoms with E-state index in [4.69, 9.17) is 4.74 Å². The van der Waals surface area contributed by atoms with Crippen LogP contribution >= 0.6 is 11.3 Å². The fraction of sp³-hybridized carbons (Fsp3) is 0.727. The molecule has 0 aliphatic carbocycles. The molecule has 0 saturated heterocycles. The van der Waals surface area contributed by atoms with E-state index >= 15 is 0 Å². The van der Waals surface area contributed by atoms with Crippen LogP contribution in [0.3, 0.4) is 0 Å². The number of thiazole rings is 1. The van der Waals surface area contributed by atoms with E-state index in [2.05, 4.69) is 36.5 Å². The third kappa shape index (κ3) is 3.26. The first kappa shape index (κ1) is 12.6. The number of ether oxygens (including phenoxy) is 1. The van der Waals surface area contributed by atoms with Gasteiger partial charge >= 0.3 is 0 Å². The van der Waals surface area contributed by atoms with Crippen molar-refractivity contribution in [3.8, 4) is 0 Å². The second-order valence-corrected chi connectivity index (χ2v) is 5.19. The zero-order valence-electron chi connectivity index (χ0n) is 10.1. The van der Waals surface area contributed by atoms with Crippen molar-refractivity contribution in [3.63, 3.8) is 0 Å². The molecule has 0 radical (unpaired) electrons. The van der Waals surface area contributed by atoms with Crippen LogP contribution in [-0.2, 0) is 16.7 Å². The summed E-state index contributed by atoms with van der Waals surface area (Å²) in [6.45, 7) is 6.32. The Morgan fingerprint density at radius 2 is 2.27 bits per heavy atom. The molecule has 15 heavy (non-hydrogen) atoms. The van der Waals surface area contributed by atoms with Gasteiger partial charge in [-0.25, -0.2) is 4.98 Å². The minimum Gasteiger partial charge on any atom is -0.381 e. The molecule has 0 spiro atoms. The molecule has 4 heteroatoms. The van der Waals surface area contributed by atoms with Crippen molar-refractivity contribution in [2.75, 3.05) is 14.2 Å². The lowest BCUT2D eigenvalue weighted by atomic mass is 10.0. The van der Waals surface area contributed by atoms with Crippen LogP contribution in [0, 0.1) is 0 Å². The molecule has 0 aliphatic heterocycles. The van der Waals surface area contributed by atoms with Crippen LogP contribution in [0.5, 0.6) is 0 Å². The van der Waals surface area contributed by atoms with Crippen LogP contribution in [0.4, 0.5) is 0 Å². The first-order valence-corrected chi connectivity index (χ1v) is 6.04. The lowest BCUT2D eigenvalue weighted by Crippen LogP contribution is -2.33. The smallest absolute Gasteiger partial charge is 0.0954 e. The standard InChI is InChI=1S/C11H20N2OS/c1-8(14-5)6-10-13-9(7-15-10)11(2,3)12-4/h7-8,12H,6H2,1-5H3. The average molecular weight is 228 g/mol. The van der Waals surface area contributed by atoms with Gasteiger partial charge in [-0.3, -0.25) is 0 Å². The molecule has 1 atom stereocenters. The zero-order valence-corrected chi connectivity index (χ0v) is 10.9. The highest BCUT2D eigenvalue weighted by molar-refractivity contribution is 7.09. The molecule has 3 nitrogen and oxygen atoms in total. The molecule has 1 heterocycles. The van der Waals surface area contributed by atoms with Gasteiger partial charge in [0.15, 0.2) is 0 Å². The first-order chi connectivity index (χ1) is 6.99. The second kappa shape index (κ2) is 5.05. The number of nitrogens with zero attached hydrogens (tertiary/aromatic N) is 1. The van der Waals surface area contributed by atoms with E-state index in [-0.39, 0.29) is 11.6 Å². The van der Waals surface area contributed by atoms with E-state index in [1.165, 1.54) is 0 Å². The van der Waals surface area contributed by atoms with Gasteiger partial charge < -0.3 is 10.1 Å². The molecule has 86 valence electrons. The van der Waals surface area contributed by atoms with Crippen molar-refractivity contribution in [2.45, 2.75) is 38.8 Å². The number of methoxy groups -OCH3 is 1. The Hall–Kier alpha value is -0.450. The number of hydrogen-bond acceptors (Lipinski definition) is 4. The van der Waals surface area contributed by atoms with Gasteiger partial charge in [-0.2, -0.15) is 0 Å². The summed E-state index contributed by atoms with van der Waals surface area (Å²) in [5.74, 6) is 0. The van der Waals surface area contributed by atoms with Gasteiger partial charge in [0.2, 0.25) is 0 Å². The number of hydrogen-bond donors (Lipinski definition) is 1. The van der Waals surface area contributed by atoms with Crippen molar-refractivity contribution in [1.29, 1.82) is 0 Å². The second-order valence-electron chi connectivity index (χ2n) is 4.25. The highest BCUT2D eigenvalue weighted by Gasteiger charge is 2.21. The third-order valence-corrected chi connectivity index (χ3v) is 3.55. The van der Waals surface area contributed by atoms with Crippen LogP contribution in [0.2, 0.25) is 0 Å². The Morgan fingerprint density at radius 3 is 2.80 bits per heavy atom. The highest BCUT2D eigenvalue weighted by Crippen LogP contribution is 2.22. The molecule has 0 aromatic carbocycles. The summed E-state index contributed by atoms with van der Waals surface area (Å²) < 4.78 is 5.23. The maximum atomic E-state index is 5.23. The zero-order chi connectivity index (χ0) is 11.5. The van der Waals surface area contributed by atoms with Crippen LogP contribution in [0.1, 0.15) is 31.5 Å². The lowest BCUT2D eigenvalue weighted by Gasteiger charge is -2.21. The van der Waals surface area contributed by atoms with Gasteiger partial charge in [-0.15, -0.1) is 11.3 Å². The van der Waals surface area contributed by atoms with Crippen LogP contribution in [-0.4, -0.2) is 25.2 Å². The summed E-state index contributed by atoms with van der Waals surface area (Å²) in [4.78, 5) is 4.62. The average Bonchev–Trinajstić information content (AvgIpc) is 2.66. The van der Waals surface area contributed by atoms with Crippen molar-refractivity contribution in [3.05, 3.63) is 16.1 Å². The Morgan fingerprint density at radius 1 is 1.60 bits per heavy atom. The Labute approximate surface area is 95.9 Å². The normalized spacial score (nSPS) is 14.2. The van der Waals surface area contributed by atoms with Crippen molar-refractivity contribution in [1.82, 2.24) is 10.3 Å². The summed E-state index contributed by atoms with van der Waals surface area (Å²) in [5, 5.41) is 6.51. The topological polar surface area (TPSA) is 34.1 Å². The monoisotopic (exact) mass is 228 g/mol. The number of aromatic nitrogens is 1. The number of nitrogens with one attached hydrogen (secondary N) is 1. The van der Waals surface area contributed by atoms with Gasteiger partial charge in [-0.1, -0.05) is 0 Å². The summed E-state index contributed by atoms with van der Waals surface area (Å²) in [7, 11) is 3.69. The molecule has 1 unspecified atom stereocenters. The molecule has 0 bridgehead atoms. The van der Waals surface area contributed by atoms with E-state index in [0.717, 1.165) is 17.1 Å². The fourth-order valence-corrected chi connectivity index (χ4v) is 2.23. The Bertz CT molecular complexity index is 309. The Kier molecular flexibility index (Phi) is 4.25. The van der Waals surface area contributed by atoms with Gasteiger partial charge in [-0.05, 0) is 27.8 Å². The summed E-state index contributed by atoms with van der Waals surface area (Å²) in [6, 6.07) is 0. The molecular weight excluding hydrogens is 208 g/mol. The van der Waals surface area contributed by atoms with Gasteiger partial charge in [0, 0.05) is 18.9 Å². The van der Waals surface area contributed by atoms with E-state index in [1.54, 1.807) is 18.4 Å². The predicted molar refractivity (Wildman–Crippen MR) is 64.4 cm³/mol. The Balaban J connectivity index is 2.72. The minimum absolute atomic E-state index is 0.0505. The van der Waals surface area contributed by atoms with Crippen LogP contribution in [0.15, 0.2) is 5.38 Å². The molecule has 0 aliphatic rings. The molecule has 1 N–H and O–H groups in total. The molecule has 0 saturated carbocycles. The van der Waals surface area contributed by atoms with E-state index in [0.29, 0.717) is 0 Å². The SMILES string of the molecule is CNC(C)(C)c1csc(CC(C)OC)n1. The largest absolute Gasteiger partial charge is 0.381 e. The van der Waals surface area contributed by atoms with Crippen molar-refractivity contribution in [2.24, 2.45) is 0 Å². The van der Waals surface area contributed by atoms with Crippen LogP contribution in [0.25, 0.3) is 0 Å². The maximum Gasteiger partial charge on any atom is 0.0954 e. The summed E-state index contributed by atoms with van der Waals surface area (Å²) >= 11 is 1.70. The third-order valence-electron chi connectivity index (χ3n) is 2.68. The van der Waals surface area contributed by atoms with E-state index in [9.17, 15) is 0 Å². The molecule has 1 aromatic rings. The van der Waals surface area contributed by atoms with Gasteiger partial charge in [0.05, 0.1) is 22.3 Å². The maximum absolute atomic E-state index is 5.23. The van der Waals surface area contributed by atoms with E-state index < -0.39 is 0 Å². The van der Waals surface area contributed by atoms with E-state index in [1.807, 2.05) is 7.05 Å². The van der Waals surface area contributed by atoms with Gasteiger partial charge in [0.25, 0.3) is 0 Å². The molecule has 1 rings (SSSR count). The molecule has 1 aromatic heterocycles. The predicted octanol–water partition coefficient (Wildman–Crippen LogP) is 2.17. The molecular formula is C11H20N2OS. The minimum atomic E-state index is -0.0505. The van der Waals surface area contributed by atoms with Crippen molar-refractivity contribution >= 4 is 11.3 Å². The molecule has 0 amide bonds. The lowest BCUT2D eigenvalue weighted by molar-refractivity contribution is 0.118. The molecule has 0 fully saturated rings. The summed E-state index contributed by atoms with van der Waals surface area (Å²) in [6.07, 6.45) is 1.13. The summed E-state index contributed by atoms with van der Waals surface area (Å²) in [5.41, 5.74) is 1.05. The fourth-order valence-electron chi connectivity index (χ4n) is 1.15. The number of rotatable bonds is 5. The van der Waals surface area contributed by atoms with Crippen LogP contribution < -0.4 is 5.32 Å². The van der Waals surface area contributed by atoms with Crippen molar-refractivity contribution < 1.29 is 4.74 Å². The first-order valence-electron chi connectivity index (χ1n) is 5.16.